The predicted molar refractivity (Wildman–Crippen MR) is 137 cm³/mol. The third-order valence-corrected chi connectivity index (χ3v) is 5.51. The number of benzene rings is 1. The molecule has 1 aromatic carbocycles. The fraction of sp³-hybridized carbons (Fsp3) is 0.304. The van der Waals surface area contributed by atoms with Gasteiger partial charge >= 0.3 is 0 Å². The van der Waals surface area contributed by atoms with Gasteiger partial charge in [0.25, 0.3) is 5.91 Å². The molecule has 3 rings (SSSR count). The van der Waals surface area contributed by atoms with Gasteiger partial charge in [0, 0.05) is 30.6 Å². The molecule has 1 amide bonds. The van der Waals surface area contributed by atoms with Gasteiger partial charge in [0.15, 0.2) is 5.96 Å². The van der Waals surface area contributed by atoms with Crippen molar-refractivity contribution in [1.29, 1.82) is 0 Å². The number of hydrogen-bond acceptors (Lipinski definition) is 4. The van der Waals surface area contributed by atoms with Crippen molar-refractivity contribution in [3.8, 4) is 0 Å². The molecule has 0 aliphatic rings. The second kappa shape index (κ2) is 13.2. The molecule has 2 N–H and O–H groups in total. The highest BCUT2D eigenvalue weighted by atomic mass is 127. The molecule has 6 nitrogen and oxygen atoms in total. The molecule has 0 bridgehead atoms. The lowest BCUT2D eigenvalue weighted by Crippen LogP contribution is -2.39. The molecule has 0 aliphatic carbocycles. The quantitative estimate of drug-likeness (QED) is 0.233. The second-order valence-electron chi connectivity index (χ2n) is 6.88. The first kappa shape index (κ1) is 24.9. The van der Waals surface area contributed by atoms with Gasteiger partial charge in [0.2, 0.25) is 0 Å². The molecule has 0 unspecified atom stereocenters. The van der Waals surface area contributed by atoms with Crippen molar-refractivity contribution in [2.75, 3.05) is 20.1 Å². The van der Waals surface area contributed by atoms with Gasteiger partial charge in [-0.05, 0) is 54.6 Å². The molecular formula is C23H29IN4O2S. The molecule has 2 heterocycles. The minimum absolute atomic E-state index is 0. The number of thiophene rings is 1. The van der Waals surface area contributed by atoms with Gasteiger partial charge in [-0.1, -0.05) is 18.2 Å². The molecule has 0 saturated heterocycles. The standard InChI is InChI=1S/C23H28N4O2S.HI/c1-3-24-23(27(2)12-11-21-10-6-14-30-21)26-16-18-7-4-8-19(15-18)22(28)25-17-20-9-5-13-29-20;/h4-10,13-15H,3,11-12,16-17H2,1-2H3,(H,24,26)(H,25,28);1H. The molecule has 0 fully saturated rings. The number of amides is 1. The molecule has 31 heavy (non-hydrogen) atoms. The lowest BCUT2D eigenvalue weighted by molar-refractivity contribution is 0.0948. The lowest BCUT2D eigenvalue weighted by atomic mass is 10.1. The number of aliphatic imine (C=N–C) groups is 1. The number of furan rings is 1. The topological polar surface area (TPSA) is 69.9 Å². The normalized spacial score (nSPS) is 11.0. The third-order valence-electron chi connectivity index (χ3n) is 4.57. The maximum absolute atomic E-state index is 12.4. The summed E-state index contributed by atoms with van der Waals surface area (Å²) < 4.78 is 5.25. The van der Waals surface area contributed by atoms with Gasteiger partial charge in [-0.2, -0.15) is 0 Å². The summed E-state index contributed by atoms with van der Waals surface area (Å²) in [5.41, 5.74) is 1.60. The first-order valence-electron chi connectivity index (χ1n) is 10.1. The highest BCUT2D eigenvalue weighted by Gasteiger charge is 2.09. The van der Waals surface area contributed by atoms with E-state index in [0.717, 1.165) is 36.8 Å². The summed E-state index contributed by atoms with van der Waals surface area (Å²) in [7, 11) is 2.05. The van der Waals surface area contributed by atoms with E-state index in [1.54, 1.807) is 23.7 Å². The largest absolute Gasteiger partial charge is 0.467 e. The molecule has 0 spiro atoms. The maximum Gasteiger partial charge on any atom is 0.251 e. The summed E-state index contributed by atoms with van der Waals surface area (Å²) in [5, 5.41) is 8.32. The van der Waals surface area contributed by atoms with Crippen LogP contribution in [0.3, 0.4) is 0 Å². The van der Waals surface area contributed by atoms with Crippen LogP contribution in [0.15, 0.2) is 69.6 Å². The van der Waals surface area contributed by atoms with Crippen molar-refractivity contribution in [3.05, 3.63) is 81.9 Å². The zero-order valence-electron chi connectivity index (χ0n) is 17.8. The first-order chi connectivity index (χ1) is 14.7. The Balaban J connectivity index is 0.00000341. The summed E-state index contributed by atoms with van der Waals surface area (Å²) in [6.45, 7) is 4.63. The number of hydrogen-bond donors (Lipinski definition) is 2. The Kier molecular flexibility index (Phi) is 10.6. The molecule has 166 valence electrons. The van der Waals surface area contributed by atoms with Gasteiger partial charge in [-0.3, -0.25) is 4.79 Å². The third kappa shape index (κ3) is 8.02. The number of halogens is 1. The molecule has 0 saturated carbocycles. The Hall–Kier alpha value is -2.33. The van der Waals surface area contributed by atoms with Crippen LogP contribution in [-0.2, 0) is 19.5 Å². The lowest BCUT2D eigenvalue weighted by Gasteiger charge is -2.21. The van der Waals surface area contributed by atoms with E-state index in [0.29, 0.717) is 18.7 Å². The smallest absolute Gasteiger partial charge is 0.251 e. The highest BCUT2D eigenvalue weighted by Crippen LogP contribution is 2.10. The number of guanidine groups is 1. The van der Waals surface area contributed by atoms with Gasteiger partial charge in [-0.15, -0.1) is 35.3 Å². The van der Waals surface area contributed by atoms with E-state index in [2.05, 4.69) is 40.0 Å². The van der Waals surface area contributed by atoms with Gasteiger partial charge in [0.05, 0.1) is 19.4 Å². The minimum Gasteiger partial charge on any atom is -0.467 e. The van der Waals surface area contributed by atoms with Crippen LogP contribution in [-0.4, -0.2) is 36.9 Å². The fourth-order valence-electron chi connectivity index (χ4n) is 2.97. The van der Waals surface area contributed by atoms with Crippen molar-refractivity contribution in [2.45, 2.75) is 26.4 Å². The second-order valence-corrected chi connectivity index (χ2v) is 7.92. The van der Waals surface area contributed by atoms with Crippen molar-refractivity contribution >= 4 is 47.2 Å². The number of nitrogens with zero attached hydrogens (tertiary/aromatic N) is 2. The Morgan fingerprint density at radius 2 is 2.03 bits per heavy atom. The van der Waals surface area contributed by atoms with Crippen LogP contribution in [0.2, 0.25) is 0 Å². The van der Waals surface area contributed by atoms with Crippen LogP contribution >= 0.6 is 35.3 Å². The highest BCUT2D eigenvalue weighted by molar-refractivity contribution is 14.0. The Labute approximate surface area is 204 Å². The van der Waals surface area contributed by atoms with Crippen LogP contribution in [0.4, 0.5) is 0 Å². The minimum atomic E-state index is -0.128. The molecule has 3 aromatic rings. The van der Waals surface area contributed by atoms with Crippen molar-refractivity contribution in [3.63, 3.8) is 0 Å². The van der Waals surface area contributed by atoms with Crippen molar-refractivity contribution < 1.29 is 9.21 Å². The number of carbonyl (C=O) groups excluding carboxylic acids is 1. The fourth-order valence-corrected chi connectivity index (χ4v) is 3.67. The molecule has 2 aromatic heterocycles. The van der Waals surface area contributed by atoms with E-state index in [9.17, 15) is 4.79 Å². The average molecular weight is 552 g/mol. The number of nitrogens with one attached hydrogen (secondary N) is 2. The van der Waals surface area contributed by atoms with E-state index < -0.39 is 0 Å². The average Bonchev–Trinajstić information content (AvgIpc) is 3.47. The van der Waals surface area contributed by atoms with Crippen molar-refractivity contribution in [1.82, 2.24) is 15.5 Å². The monoisotopic (exact) mass is 552 g/mol. The summed E-state index contributed by atoms with van der Waals surface area (Å²) in [4.78, 5) is 20.7. The van der Waals surface area contributed by atoms with Crippen LogP contribution in [0, 0.1) is 0 Å². The molecule has 8 heteroatoms. The van der Waals surface area contributed by atoms with Gasteiger partial charge in [-0.25, -0.2) is 4.99 Å². The van der Waals surface area contributed by atoms with Crippen LogP contribution < -0.4 is 10.6 Å². The maximum atomic E-state index is 12.4. The van der Waals surface area contributed by atoms with Crippen molar-refractivity contribution in [2.24, 2.45) is 4.99 Å². The van der Waals surface area contributed by atoms with E-state index >= 15 is 0 Å². The summed E-state index contributed by atoms with van der Waals surface area (Å²) >= 11 is 1.78. The van der Waals surface area contributed by atoms with Crippen LogP contribution in [0.5, 0.6) is 0 Å². The van der Waals surface area contributed by atoms with Crippen LogP contribution in [0.25, 0.3) is 0 Å². The summed E-state index contributed by atoms with van der Waals surface area (Å²) in [5.74, 6) is 1.46. The van der Waals surface area contributed by atoms with E-state index in [4.69, 9.17) is 9.41 Å². The molecule has 0 atom stereocenters. The Morgan fingerprint density at radius 3 is 2.74 bits per heavy atom. The molecule has 0 radical (unpaired) electrons. The van der Waals surface area contributed by atoms with Gasteiger partial charge in [0.1, 0.15) is 5.76 Å². The predicted octanol–water partition coefficient (Wildman–Crippen LogP) is 4.53. The van der Waals surface area contributed by atoms with Crippen LogP contribution in [0.1, 0.15) is 33.5 Å². The SMILES string of the molecule is CCNC(=NCc1cccc(C(=O)NCc2ccco2)c1)N(C)CCc1cccs1.I. The molecule has 0 aliphatic heterocycles. The number of carbonyl (C=O) groups is 1. The number of rotatable bonds is 9. The van der Waals surface area contributed by atoms with E-state index in [1.165, 1.54) is 4.88 Å². The van der Waals surface area contributed by atoms with E-state index in [1.807, 2.05) is 37.4 Å². The number of likely N-dealkylation sites (N-methyl/N-ethyl adjacent to an activating group) is 1. The molecular weight excluding hydrogens is 523 g/mol. The first-order valence-corrected chi connectivity index (χ1v) is 10.9. The van der Waals surface area contributed by atoms with Gasteiger partial charge < -0.3 is 20.0 Å². The Bertz CT molecular complexity index is 942. The zero-order valence-corrected chi connectivity index (χ0v) is 21.0. The summed E-state index contributed by atoms with van der Waals surface area (Å²) in [6.07, 6.45) is 2.59. The summed E-state index contributed by atoms with van der Waals surface area (Å²) in [6, 6.07) is 15.4. The van der Waals surface area contributed by atoms with E-state index in [-0.39, 0.29) is 29.9 Å². The Morgan fingerprint density at radius 1 is 1.16 bits per heavy atom. The zero-order chi connectivity index (χ0) is 21.2.